The maximum atomic E-state index is 6.18. The van der Waals surface area contributed by atoms with E-state index in [0.29, 0.717) is 13.4 Å². The van der Waals surface area contributed by atoms with E-state index in [4.69, 9.17) is 14.2 Å². The zero-order valence-corrected chi connectivity index (χ0v) is 11.4. The van der Waals surface area contributed by atoms with Gasteiger partial charge in [0.05, 0.1) is 12.2 Å². The normalized spacial score (nSPS) is 19.2. The number of ether oxygens (including phenoxy) is 3. The number of nitrogens with one attached hydrogen (secondary N) is 1. The van der Waals surface area contributed by atoms with Crippen LogP contribution in [0, 0.1) is 0 Å². The fourth-order valence-electron chi connectivity index (χ4n) is 2.66. The van der Waals surface area contributed by atoms with Crippen molar-refractivity contribution >= 4 is 0 Å². The Morgan fingerprint density at radius 2 is 2.11 bits per heavy atom. The Balaban J connectivity index is 1.59. The second kappa shape index (κ2) is 5.39. The van der Waals surface area contributed by atoms with Gasteiger partial charge in [-0.05, 0) is 57.0 Å². The van der Waals surface area contributed by atoms with Crippen LogP contribution in [0.5, 0.6) is 11.5 Å². The molecule has 3 rings (SSSR count). The summed E-state index contributed by atoms with van der Waals surface area (Å²) in [5.41, 5.74) is 1.25. The van der Waals surface area contributed by atoms with Gasteiger partial charge in [-0.15, -0.1) is 0 Å². The molecule has 0 aromatic heterocycles. The third-order valence-corrected chi connectivity index (χ3v) is 4.08. The van der Waals surface area contributed by atoms with Gasteiger partial charge < -0.3 is 19.5 Å². The van der Waals surface area contributed by atoms with E-state index in [9.17, 15) is 0 Å². The number of hydrogen-bond acceptors (Lipinski definition) is 4. The lowest BCUT2D eigenvalue weighted by Gasteiger charge is -2.42. The molecule has 2 aliphatic rings. The first-order chi connectivity index (χ1) is 9.31. The molecule has 1 aliphatic heterocycles. The van der Waals surface area contributed by atoms with Crippen molar-refractivity contribution in [3.8, 4) is 11.5 Å². The molecule has 1 heterocycles. The maximum absolute atomic E-state index is 6.18. The molecule has 0 spiro atoms. The Morgan fingerprint density at radius 1 is 1.26 bits per heavy atom. The largest absolute Gasteiger partial charge is 0.454 e. The van der Waals surface area contributed by atoms with Gasteiger partial charge in [0.15, 0.2) is 11.5 Å². The molecule has 0 saturated heterocycles. The molecule has 104 valence electrons. The van der Waals surface area contributed by atoms with Crippen molar-refractivity contribution in [1.29, 1.82) is 0 Å². The van der Waals surface area contributed by atoms with Crippen LogP contribution in [0.2, 0.25) is 0 Å². The molecule has 1 aromatic carbocycles. The summed E-state index contributed by atoms with van der Waals surface area (Å²) in [6, 6.07) is 6.03. The second-order valence-corrected chi connectivity index (χ2v) is 5.37. The molecule has 4 nitrogen and oxygen atoms in total. The quantitative estimate of drug-likeness (QED) is 0.856. The number of fused-ring (bicyclic) bond motifs is 1. The molecule has 1 N–H and O–H groups in total. The summed E-state index contributed by atoms with van der Waals surface area (Å²) >= 11 is 0. The Hall–Kier alpha value is -1.26. The SMILES string of the molecule is CNCCC1(OCc2ccc3c(c2)OCO3)CCC1. The minimum atomic E-state index is 0.0966. The summed E-state index contributed by atoms with van der Waals surface area (Å²) in [4.78, 5) is 0. The number of hydrogen-bond donors (Lipinski definition) is 1. The Kier molecular flexibility index (Phi) is 3.62. The third kappa shape index (κ3) is 2.69. The molecule has 0 bridgehead atoms. The molecule has 1 aromatic rings. The van der Waals surface area contributed by atoms with Crippen LogP contribution in [0.15, 0.2) is 18.2 Å². The zero-order chi connectivity index (χ0) is 13.1. The second-order valence-electron chi connectivity index (χ2n) is 5.37. The van der Waals surface area contributed by atoms with Gasteiger partial charge in [0.2, 0.25) is 6.79 Å². The van der Waals surface area contributed by atoms with Crippen LogP contribution in [-0.4, -0.2) is 26.0 Å². The average molecular weight is 263 g/mol. The van der Waals surface area contributed by atoms with Gasteiger partial charge in [0.25, 0.3) is 0 Å². The number of benzene rings is 1. The minimum absolute atomic E-state index is 0.0966. The summed E-state index contributed by atoms with van der Waals surface area (Å²) < 4.78 is 16.9. The van der Waals surface area contributed by atoms with Gasteiger partial charge in [0.1, 0.15) is 0 Å². The summed E-state index contributed by atoms with van der Waals surface area (Å²) in [6.45, 7) is 1.99. The van der Waals surface area contributed by atoms with Crippen LogP contribution in [0.4, 0.5) is 0 Å². The van der Waals surface area contributed by atoms with Crippen LogP contribution in [0.3, 0.4) is 0 Å². The van der Waals surface area contributed by atoms with Crippen molar-refractivity contribution in [2.75, 3.05) is 20.4 Å². The van der Waals surface area contributed by atoms with Crippen molar-refractivity contribution in [3.05, 3.63) is 23.8 Å². The standard InChI is InChI=1S/C15H21NO3/c1-16-8-7-15(5-2-6-15)19-10-12-3-4-13-14(9-12)18-11-17-13/h3-4,9,16H,2,5-8,10-11H2,1H3. The highest BCUT2D eigenvalue weighted by Gasteiger charge is 2.37. The molecule has 4 heteroatoms. The predicted molar refractivity (Wildman–Crippen MR) is 72.5 cm³/mol. The molecular weight excluding hydrogens is 242 g/mol. The van der Waals surface area contributed by atoms with Gasteiger partial charge in [-0.25, -0.2) is 0 Å². The third-order valence-electron chi connectivity index (χ3n) is 4.08. The molecule has 0 amide bonds. The van der Waals surface area contributed by atoms with Gasteiger partial charge in [-0.1, -0.05) is 6.07 Å². The predicted octanol–water partition coefficient (Wildman–Crippen LogP) is 2.46. The van der Waals surface area contributed by atoms with E-state index >= 15 is 0 Å². The van der Waals surface area contributed by atoms with E-state index in [1.54, 1.807) is 0 Å². The van der Waals surface area contributed by atoms with E-state index in [1.807, 2.05) is 19.2 Å². The number of rotatable bonds is 6. The zero-order valence-electron chi connectivity index (χ0n) is 11.4. The highest BCUT2D eigenvalue weighted by atomic mass is 16.7. The van der Waals surface area contributed by atoms with E-state index in [0.717, 1.165) is 30.0 Å². The minimum Gasteiger partial charge on any atom is -0.454 e. The van der Waals surface area contributed by atoms with Crippen LogP contribution in [0.1, 0.15) is 31.2 Å². The monoisotopic (exact) mass is 263 g/mol. The lowest BCUT2D eigenvalue weighted by molar-refractivity contribution is -0.113. The Labute approximate surface area is 114 Å². The van der Waals surface area contributed by atoms with E-state index < -0.39 is 0 Å². The Bertz CT molecular complexity index is 443. The van der Waals surface area contributed by atoms with Crippen molar-refractivity contribution in [2.24, 2.45) is 0 Å². The Morgan fingerprint density at radius 3 is 2.84 bits per heavy atom. The lowest BCUT2D eigenvalue weighted by Crippen LogP contribution is -2.42. The molecule has 19 heavy (non-hydrogen) atoms. The summed E-state index contributed by atoms with van der Waals surface area (Å²) in [5, 5.41) is 3.21. The molecule has 1 saturated carbocycles. The van der Waals surface area contributed by atoms with Crippen LogP contribution in [0.25, 0.3) is 0 Å². The average Bonchev–Trinajstić information content (AvgIpc) is 2.84. The smallest absolute Gasteiger partial charge is 0.231 e. The molecular formula is C15H21NO3. The van der Waals surface area contributed by atoms with E-state index in [-0.39, 0.29) is 5.60 Å². The van der Waals surface area contributed by atoms with Crippen molar-refractivity contribution in [1.82, 2.24) is 5.32 Å². The van der Waals surface area contributed by atoms with Gasteiger partial charge in [0, 0.05) is 0 Å². The molecule has 0 unspecified atom stereocenters. The van der Waals surface area contributed by atoms with E-state index in [1.165, 1.54) is 19.3 Å². The molecule has 1 fully saturated rings. The molecule has 0 radical (unpaired) electrons. The van der Waals surface area contributed by atoms with Crippen molar-refractivity contribution in [2.45, 2.75) is 37.9 Å². The fourth-order valence-corrected chi connectivity index (χ4v) is 2.66. The van der Waals surface area contributed by atoms with Gasteiger partial charge in [-0.2, -0.15) is 0 Å². The first-order valence-corrected chi connectivity index (χ1v) is 6.98. The molecule has 0 atom stereocenters. The van der Waals surface area contributed by atoms with Crippen molar-refractivity contribution in [3.63, 3.8) is 0 Å². The van der Waals surface area contributed by atoms with Crippen LogP contribution in [-0.2, 0) is 11.3 Å². The summed E-state index contributed by atoms with van der Waals surface area (Å²) in [5.74, 6) is 1.66. The van der Waals surface area contributed by atoms with Gasteiger partial charge >= 0.3 is 0 Å². The fraction of sp³-hybridized carbons (Fsp3) is 0.600. The highest BCUT2D eigenvalue weighted by Crippen LogP contribution is 2.39. The highest BCUT2D eigenvalue weighted by molar-refractivity contribution is 5.44. The van der Waals surface area contributed by atoms with Crippen molar-refractivity contribution < 1.29 is 14.2 Å². The first-order valence-electron chi connectivity index (χ1n) is 6.98. The maximum Gasteiger partial charge on any atom is 0.231 e. The van der Waals surface area contributed by atoms with Crippen LogP contribution < -0.4 is 14.8 Å². The van der Waals surface area contributed by atoms with E-state index in [2.05, 4.69) is 11.4 Å². The first kappa shape index (κ1) is 12.8. The summed E-state index contributed by atoms with van der Waals surface area (Å²) in [7, 11) is 1.99. The van der Waals surface area contributed by atoms with Gasteiger partial charge in [-0.3, -0.25) is 0 Å². The summed E-state index contributed by atoms with van der Waals surface area (Å²) in [6.07, 6.45) is 4.73. The molecule has 1 aliphatic carbocycles. The topological polar surface area (TPSA) is 39.7 Å². The lowest BCUT2D eigenvalue weighted by atomic mass is 9.77. The van der Waals surface area contributed by atoms with Crippen LogP contribution >= 0.6 is 0 Å².